The zero-order valence-electron chi connectivity index (χ0n) is 21.1. The predicted octanol–water partition coefficient (Wildman–Crippen LogP) is 1.71. The van der Waals surface area contributed by atoms with Crippen molar-refractivity contribution in [3.8, 4) is 11.5 Å². The quantitative estimate of drug-likeness (QED) is 0.374. The molecule has 0 amide bonds. The van der Waals surface area contributed by atoms with Gasteiger partial charge in [-0.3, -0.25) is 9.59 Å². The molecule has 2 aromatic carbocycles. The molecule has 0 bridgehead atoms. The summed E-state index contributed by atoms with van der Waals surface area (Å²) < 4.78 is 31.4. The highest BCUT2D eigenvalue weighted by Gasteiger charge is 2.47. The molecule has 1 heterocycles. The van der Waals surface area contributed by atoms with Gasteiger partial charge in [0.25, 0.3) is 0 Å². The first-order valence-corrected chi connectivity index (χ1v) is 11.5. The Morgan fingerprint density at radius 2 is 1.47 bits per heavy atom. The molecule has 12 heteroatoms. The number of rotatable bonds is 8. The second-order valence-electron chi connectivity index (χ2n) is 8.36. The molecule has 0 spiro atoms. The molecule has 2 aromatic rings. The number of esters is 4. The molecule has 0 radical (unpaired) electrons. The Bertz CT molecular complexity index is 1160. The predicted molar refractivity (Wildman–Crippen MR) is 127 cm³/mol. The molecule has 2 N–H and O–H groups in total. The fourth-order valence-corrected chi connectivity index (χ4v) is 3.91. The molecule has 0 unspecified atom stereocenters. The fraction of sp³-hybridized carbons (Fsp3) is 0.385. The number of methoxy groups -OCH3 is 2. The van der Waals surface area contributed by atoms with Gasteiger partial charge in [-0.15, -0.1) is 0 Å². The van der Waals surface area contributed by atoms with E-state index in [0.29, 0.717) is 5.56 Å². The maximum Gasteiger partial charge on any atom is 0.338 e. The van der Waals surface area contributed by atoms with E-state index in [2.05, 4.69) is 0 Å². The van der Waals surface area contributed by atoms with Crippen molar-refractivity contribution in [1.29, 1.82) is 0 Å². The standard InChI is InChI=1S/C26H28O12/c1-13(27)35-12-20-24(36-14(2)28)22(30)21(29)23(38-20)15-6-5-7-18(9-15)37-19-10-16(25(31)33-3)8-17(11-19)26(32)34-4/h5-11,20-24,29-30H,12H2,1-4H3/t20-,21+,22-,23-,24-/m1/s1. The first kappa shape index (κ1) is 28.6. The number of carbonyl (C=O) groups is 4. The molecule has 0 saturated carbocycles. The topological polar surface area (TPSA) is 164 Å². The van der Waals surface area contributed by atoms with E-state index in [-0.39, 0.29) is 29.2 Å². The molecule has 1 aliphatic rings. The van der Waals surface area contributed by atoms with Crippen LogP contribution in [0.1, 0.15) is 46.2 Å². The van der Waals surface area contributed by atoms with E-state index in [1.807, 2.05) is 0 Å². The second kappa shape index (κ2) is 12.5. The number of aliphatic hydroxyl groups excluding tert-OH is 2. The summed E-state index contributed by atoms with van der Waals surface area (Å²) in [4.78, 5) is 47.0. The number of benzene rings is 2. The summed E-state index contributed by atoms with van der Waals surface area (Å²) in [7, 11) is 2.39. The Hall–Kier alpha value is -4.00. The van der Waals surface area contributed by atoms with Crippen LogP contribution < -0.4 is 4.74 Å². The summed E-state index contributed by atoms with van der Waals surface area (Å²) in [6.07, 6.45) is -6.54. The van der Waals surface area contributed by atoms with Crippen LogP contribution in [-0.2, 0) is 33.3 Å². The third-order valence-electron chi connectivity index (χ3n) is 5.61. The van der Waals surface area contributed by atoms with Crippen molar-refractivity contribution in [3.63, 3.8) is 0 Å². The average Bonchev–Trinajstić information content (AvgIpc) is 2.89. The van der Waals surface area contributed by atoms with Gasteiger partial charge in [0.1, 0.15) is 42.5 Å². The molecule has 204 valence electrons. The van der Waals surface area contributed by atoms with Gasteiger partial charge < -0.3 is 38.6 Å². The molecule has 0 aliphatic carbocycles. The Labute approximate surface area is 218 Å². The fourth-order valence-electron chi connectivity index (χ4n) is 3.91. The van der Waals surface area contributed by atoms with Crippen LogP contribution in [0.3, 0.4) is 0 Å². The summed E-state index contributed by atoms with van der Waals surface area (Å²) >= 11 is 0. The van der Waals surface area contributed by atoms with E-state index < -0.39 is 54.4 Å². The Balaban J connectivity index is 1.90. The van der Waals surface area contributed by atoms with Gasteiger partial charge in [0.2, 0.25) is 0 Å². The Morgan fingerprint density at radius 3 is 2.03 bits per heavy atom. The van der Waals surface area contributed by atoms with Crippen LogP contribution in [0.5, 0.6) is 11.5 Å². The maximum atomic E-state index is 12.1. The van der Waals surface area contributed by atoms with Crippen molar-refractivity contribution in [2.24, 2.45) is 0 Å². The van der Waals surface area contributed by atoms with Crippen molar-refractivity contribution < 1.29 is 57.8 Å². The molecule has 5 atom stereocenters. The maximum absolute atomic E-state index is 12.1. The minimum absolute atomic E-state index is 0.0561. The summed E-state index contributed by atoms with van der Waals surface area (Å²) in [5.74, 6) is -2.34. The summed E-state index contributed by atoms with van der Waals surface area (Å²) in [5, 5.41) is 21.5. The van der Waals surface area contributed by atoms with Crippen LogP contribution in [0.15, 0.2) is 42.5 Å². The second-order valence-corrected chi connectivity index (χ2v) is 8.36. The third kappa shape index (κ3) is 6.85. The molecule has 1 aliphatic heterocycles. The van der Waals surface area contributed by atoms with Crippen LogP contribution in [0, 0.1) is 0 Å². The highest BCUT2D eigenvalue weighted by molar-refractivity contribution is 5.96. The number of aliphatic hydroxyl groups is 2. The minimum Gasteiger partial charge on any atom is -0.465 e. The van der Waals surface area contributed by atoms with Gasteiger partial charge in [0.15, 0.2) is 6.10 Å². The van der Waals surface area contributed by atoms with Crippen molar-refractivity contribution in [2.45, 2.75) is 44.4 Å². The number of hydrogen-bond donors (Lipinski definition) is 2. The lowest BCUT2D eigenvalue weighted by atomic mass is 9.91. The van der Waals surface area contributed by atoms with Crippen LogP contribution in [0.4, 0.5) is 0 Å². The van der Waals surface area contributed by atoms with Crippen LogP contribution in [0.25, 0.3) is 0 Å². The highest BCUT2D eigenvalue weighted by Crippen LogP contribution is 2.36. The SMILES string of the molecule is COC(=O)c1cc(Oc2cccc([C@H]3O[C@H](COC(C)=O)[C@@H](OC(C)=O)[C@H](O)[C@@H]3O)c2)cc(C(=O)OC)c1. The Kier molecular flexibility index (Phi) is 9.40. The minimum atomic E-state index is -1.55. The van der Waals surface area contributed by atoms with Crippen molar-refractivity contribution in [3.05, 3.63) is 59.2 Å². The van der Waals surface area contributed by atoms with Crippen LogP contribution in [0.2, 0.25) is 0 Å². The van der Waals surface area contributed by atoms with Crippen molar-refractivity contribution in [2.75, 3.05) is 20.8 Å². The molecule has 12 nitrogen and oxygen atoms in total. The zero-order chi connectivity index (χ0) is 28.0. The summed E-state index contributed by atoms with van der Waals surface area (Å²) in [6.45, 7) is 1.99. The molecule has 0 aromatic heterocycles. The molecule has 38 heavy (non-hydrogen) atoms. The number of hydrogen-bond acceptors (Lipinski definition) is 12. The van der Waals surface area contributed by atoms with Gasteiger partial charge in [-0.2, -0.15) is 0 Å². The molecular formula is C26H28O12. The summed E-state index contributed by atoms with van der Waals surface area (Å²) in [5.41, 5.74) is 0.488. The molecule has 1 fully saturated rings. The lowest BCUT2D eigenvalue weighted by molar-refractivity contribution is -0.242. The van der Waals surface area contributed by atoms with Crippen molar-refractivity contribution in [1.82, 2.24) is 0 Å². The number of ether oxygens (including phenoxy) is 6. The van der Waals surface area contributed by atoms with Gasteiger partial charge in [0, 0.05) is 13.8 Å². The molecule has 3 rings (SSSR count). The van der Waals surface area contributed by atoms with Gasteiger partial charge in [-0.1, -0.05) is 12.1 Å². The third-order valence-corrected chi connectivity index (χ3v) is 5.61. The van der Waals surface area contributed by atoms with E-state index >= 15 is 0 Å². The zero-order valence-corrected chi connectivity index (χ0v) is 21.1. The van der Waals surface area contributed by atoms with Crippen molar-refractivity contribution >= 4 is 23.9 Å². The van der Waals surface area contributed by atoms with E-state index in [0.717, 1.165) is 6.92 Å². The Morgan fingerprint density at radius 1 is 0.842 bits per heavy atom. The lowest BCUT2D eigenvalue weighted by Crippen LogP contribution is -2.57. The van der Waals surface area contributed by atoms with Gasteiger partial charge in [-0.25, -0.2) is 9.59 Å². The monoisotopic (exact) mass is 532 g/mol. The van der Waals surface area contributed by atoms with Crippen LogP contribution >= 0.6 is 0 Å². The highest BCUT2D eigenvalue weighted by atomic mass is 16.6. The van der Waals surface area contributed by atoms with E-state index in [9.17, 15) is 29.4 Å². The van der Waals surface area contributed by atoms with Gasteiger partial charge in [-0.05, 0) is 35.9 Å². The average molecular weight is 532 g/mol. The van der Waals surface area contributed by atoms with Crippen LogP contribution in [-0.4, -0.2) is 79.3 Å². The first-order chi connectivity index (χ1) is 18.0. The largest absolute Gasteiger partial charge is 0.465 e. The summed E-state index contributed by atoms with van der Waals surface area (Å²) in [6, 6.07) is 10.3. The lowest BCUT2D eigenvalue weighted by Gasteiger charge is -2.42. The van der Waals surface area contributed by atoms with E-state index in [1.165, 1.54) is 45.4 Å². The van der Waals surface area contributed by atoms with E-state index in [1.54, 1.807) is 18.2 Å². The van der Waals surface area contributed by atoms with Gasteiger partial charge >= 0.3 is 23.9 Å². The van der Waals surface area contributed by atoms with Gasteiger partial charge in [0.05, 0.1) is 25.3 Å². The normalized spacial score (nSPS) is 22.6. The van der Waals surface area contributed by atoms with E-state index in [4.69, 9.17) is 28.4 Å². The number of carbonyl (C=O) groups excluding carboxylic acids is 4. The molecular weight excluding hydrogens is 504 g/mol. The smallest absolute Gasteiger partial charge is 0.338 e. The first-order valence-electron chi connectivity index (χ1n) is 11.5. The molecule has 1 saturated heterocycles.